The second kappa shape index (κ2) is 5.00. The minimum Gasteiger partial charge on any atom is -0.351 e. The van der Waals surface area contributed by atoms with E-state index in [9.17, 15) is 4.79 Å². The number of nitrogens with two attached hydrogens (primary N) is 1. The molecule has 3 fully saturated rings. The molecular weight excluding hydrogens is 264 g/mol. The van der Waals surface area contributed by atoms with Crippen molar-refractivity contribution >= 4 is 6.03 Å². The van der Waals surface area contributed by atoms with Gasteiger partial charge in [-0.1, -0.05) is 30.3 Å². The van der Waals surface area contributed by atoms with E-state index in [0.29, 0.717) is 23.9 Å². The molecule has 21 heavy (non-hydrogen) atoms. The van der Waals surface area contributed by atoms with Gasteiger partial charge < -0.3 is 10.6 Å². The number of carbonyl (C=O) groups excluding carboxylic acids is 1. The van der Waals surface area contributed by atoms with Gasteiger partial charge in [-0.05, 0) is 23.8 Å². The van der Waals surface area contributed by atoms with Crippen molar-refractivity contribution in [3.63, 3.8) is 0 Å². The van der Waals surface area contributed by atoms with Crippen LogP contribution in [0.15, 0.2) is 30.3 Å². The minimum absolute atomic E-state index is 0.282. The van der Waals surface area contributed by atoms with Crippen molar-refractivity contribution in [2.75, 3.05) is 26.3 Å². The van der Waals surface area contributed by atoms with Gasteiger partial charge in [0.1, 0.15) is 0 Å². The fourth-order valence-corrected chi connectivity index (χ4v) is 4.08. The van der Waals surface area contributed by atoms with Gasteiger partial charge in [-0.2, -0.15) is 0 Å². The SMILES string of the molecule is NC(=O)N1CCN2CNC([C@@H]3C[C@H]3c3ccccc3)C2C1. The molecule has 112 valence electrons. The maximum absolute atomic E-state index is 11.4. The van der Waals surface area contributed by atoms with Gasteiger partial charge in [-0.3, -0.25) is 10.2 Å². The molecule has 0 aromatic heterocycles. The predicted octanol–water partition coefficient (Wildman–Crippen LogP) is 0.784. The number of rotatable bonds is 2. The van der Waals surface area contributed by atoms with E-state index in [1.165, 1.54) is 12.0 Å². The number of amides is 2. The van der Waals surface area contributed by atoms with Gasteiger partial charge in [0.15, 0.2) is 0 Å². The highest BCUT2D eigenvalue weighted by molar-refractivity contribution is 5.72. The first kappa shape index (κ1) is 13.1. The Balaban J connectivity index is 1.46. The van der Waals surface area contributed by atoms with E-state index in [-0.39, 0.29) is 6.03 Å². The molecule has 4 rings (SSSR count). The molecular formula is C16H22N4O. The van der Waals surface area contributed by atoms with Gasteiger partial charge in [0, 0.05) is 38.4 Å². The lowest BCUT2D eigenvalue weighted by atomic mass is 9.98. The van der Waals surface area contributed by atoms with Crippen molar-refractivity contribution in [2.45, 2.75) is 24.4 Å². The minimum atomic E-state index is -0.282. The summed E-state index contributed by atoms with van der Waals surface area (Å²) in [4.78, 5) is 15.7. The second-order valence-corrected chi connectivity index (χ2v) is 6.47. The number of benzene rings is 1. The quantitative estimate of drug-likeness (QED) is 0.845. The first-order valence-corrected chi connectivity index (χ1v) is 7.81. The molecule has 2 aliphatic heterocycles. The van der Waals surface area contributed by atoms with E-state index in [1.54, 1.807) is 4.90 Å². The summed E-state index contributed by atoms with van der Waals surface area (Å²) in [6, 6.07) is 11.4. The molecule has 3 aliphatic rings. The molecule has 0 bridgehead atoms. The van der Waals surface area contributed by atoms with E-state index >= 15 is 0 Å². The zero-order valence-electron chi connectivity index (χ0n) is 12.1. The van der Waals surface area contributed by atoms with Gasteiger partial charge >= 0.3 is 6.03 Å². The van der Waals surface area contributed by atoms with Crippen LogP contribution in [0.3, 0.4) is 0 Å². The van der Waals surface area contributed by atoms with Crippen molar-refractivity contribution in [1.29, 1.82) is 0 Å². The predicted molar refractivity (Wildman–Crippen MR) is 80.7 cm³/mol. The summed E-state index contributed by atoms with van der Waals surface area (Å²) >= 11 is 0. The van der Waals surface area contributed by atoms with E-state index in [0.717, 1.165) is 26.3 Å². The Morgan fingerprint density at radius 2 is 2.05 bits per heavy atom. The van der Waals surface area contributed by atoms with Crippen molar-refractivity contribution < 1.29 is 4.79 Å². The Hall–Kier alpha value is -1.59. The summed E-state index contributed by atoms with van der Waals surface area (Å²) in [5.74, 6) is 1.36. The lowest BCUT2D eigenvalue weighted by molar-refractivity contribution is 0.114. The number of piperazine rings is 1. The van der Waals surface area contributed by atoms with Gasteiger partial charge in [-0.25, -0.2) is 4.79 Å². The molecule has 5 nitrogen and oxygen atoms in total. The average molecular weight is 286 g/mol. The van der Waals surface area contributed by atoms with Crippen LogP contribution in [-0.4, -0.2) is 54.2 Å². The molecule has 3 N–H and O–H groups in total. The van der Waals surface area contributed by atoms with Crippen LogP contribution in [0.4, 0.5) is 4.79 Å². The Bertz CT molecular complexity index is 534. The molecule has 1 aromatic carbocycles. The van der Waals surface area contributed by atoms with Crippen LogP contribution in [0.1, 0.15) is 17.9 Å². The number of urea groups is 1. The largest absolute Gasteiger partial charge is 0.351 e. The Morgan fingerprint density at radius 1 is 1.24 bits per heavy atom. The lowest BCUT2D eigenvalue weighted by Gasteiger charge is -2.38. The molecule has 4 atom stereocenters. The number of carbonyl (C=O) groups is 1. The summed E-state index contributed by atoms with van der Waals surface area (Å²) in [5.41, 5.74) is 6.90. The van der Waals surface area contributed by atoms with Gasteiger partial charge in [0.25, 0.3) is 0 Å². The summed E-state index contributed by atoms with van der Waals surface area (Å²) in [7, 11) is 0. The number of nitrogens with zero attached hydrogens (tertiary/aromatic N) is 2. The first-order chi connectivity index (χ1) is 10.2. The Kier molecular flexibility index (Phi) is 3.12. The van der Waals surface area contributed by atoms with Crippen LogP contribution in [0.25, 0.3) is 0 Å². The molecule has 2 saturated heterocycles. The molecule has 2 unspecified atom stereocenters. The first-order valence-electron chi connectivity index (χ1n) is 7.81. The Morgan fingerprint density at radius 3 is 2.81 bits per heavy atom. The third-order valence-electron chi connectivity index (χ3n) is 5.32. The third kappa shape index (κ3) is 2.30. The fourth-order valence-electron chi connectivity index (χ4n) is 4.08. The van der Waals surface area contributed by atoms with Crippen LogP contribution in [0.2, 0.25) is 0 Å². The van der Waals surface area contributed by atoms with E-state index < -0.39 is 0 Å². The highest BCUT2D eigenvalue weighted by Gasteiger charge is 2.51. The Labute approximate surface area is 125 Å². The van der Waals surface area contributed by atoms with Crippen LogP contribution >= 0.6 is 0 Å². The maximum atomic E-state index is 11.4. The highest BCUT2D eigenvalue weighted by Crippen LogP contribution is 2.51. The van der Waals surface area contributed by atoms with Gasteiger partial charge in [-0.15, -0.1) is 0 Å². The zero-order chi connectivity index (χ0) is 14.4. The van der Waals surface area contributed by atoms with Crippen molar-refractivity contribution in [3.05, 3.63) is 35.9 Å². The smallest absolute Gasteiger partial charge is 0.314 e. The number of nitrogens with one attached hydrogen (secondary N) is 1. The molecule has 5 heteroatoms. The summed E-state index contributed by atoms with van der Waals surface area (Å²) in [5, 5.41) is 3.67. The second-order valence-electron chi connectivity index (χ2n) is 6.47. The lowest BCUT2D eigenvalue weighted by Crippen LogP contribution is -2.56. The van der Waals surface area contributed by atoms with Crippen LogP contribution in [-0.2, 0) is 0 Å². The zero-order valence-corrected chi connectivity index (χ0v) is 12.1. The molecule has 1 aromatic rings. The number of fused-ring (bicyclic) bond motifs is 1. The van der Waals surface area contributed by atoms with Gasteiger partial charge in [0.2, 0.25) is 0 Å². The van der Waals surface area contributed by atoms with Crippen molar-refractivity contribution in [2.24, 2.45) is 11.7 Å². The van der Waals surface area contributed by atoms with E-state index in [1.807, 2.05) is 0 Å². The van der Waals surface area contributed by atoms with E-state index in [2.05, 4.69) is 40.5 Å². The maximum Gasteiger partial charge on any atom is 0.314 e. The third-order valence-corrected chi connectivity index (χ3v) is 5.32. The summed E-state index contributed by atoms with van der Waals surface area (Å²) < 4.78 is 0. The molecule has 0 radical (unpaired) electrons. The molecule has 1 aliphatic carbocycles. The van der Waals surface area contributed by atoms with Crippen LogP contribution in [0.5, 0.6) is 0 Å². The normalized spacial score (nSPS) is 35.5. The highest BCUT2D eigenvalue weighted by atomic mass is 16.2. The van der Waals surface area contributed by atoms with Crippen molar-refractivity contribution in [3.8, 4) is 0 Å². The summed E-state index contributed by atoms with van der Waals surface area (Å²) in [6.45, 7) is 3.40. The fraction of sp³-hybridized carbons (Fsp3) is 0.562. The number of hydrogen-bond acceptors (Lipinski definition) is 3. The van der Waals surface area contributed by atoms with Gasteiger partial charge in [0.05, 0.1) is 0 Å². The number of primary amides is 1. The molecule has 0 spiro atoms. The van der Waals surface area contributed by atoms with Crippen LogP contribution in [0, 0.1) is 5.92 Å². The molecule has 2 heterocycles. The molecule has 2 amide bonds. The van der Waals surface area contributed by atoms with Crippen LogP contribution < -0.4 is 11.1 Å². The summed E-state index contributed by atoms with van der Waals surface area (Å²) in [6.07, 6.45) is 1.25. The average Bonchev–Trinajstić information content (AvgIpc) is 3.20. The topological polar surface area (TPSA) is 61.6 Å². The van der Waals surface area contributed by atoms with Crippen molar-refractivity contribution in [1.82, 2.24) is 15.1 Å². The van der Waals surface area contributed by atoms with E-state index in [4.69, 9.17) is 5.73 Å². The number of hydrogen-bond donors (Lipinski definition) is 2. The monoisotopic (exact) mass is 286 g/mol. The molecule has 1 saturated carbocycles. The standard InChI is InChI=1S/C16H22N4O/c17-16(21)19-6-7-20-10-18-15(14(20)9-19)13-8-12(13)11-4-2-1-3-5-11/h1-5,12-15,18H,6-10H2,(H2,17,21)/t12-,13+,14?,15?/m0/s1.